The van der Waals surface area contributed by atoms with E-state index < -0.39 is 0 Å². The van der Waals surface area contributed by atoms with Gasteiger partial charge in [0.25, 0.3) is 0 Å². The van der Waals surface area contributed by atoms with E-state index in [-0.39, 0.29) is 11.2 Å². The quantitative estimate of drug-likeness (QED) is 0.737. The Morgan fingerprint density at radius 3 is 3.07 bits per heavy atom. The molecule has 1 aromatic carbocycles. The Labute approximate surface area is 91.5 Å². The molecule has 3 rings (SSSR count). The van der Waals surface area contributed by atoms with Gasteiger partial charge < -0.3 is 0 Å². The van der Waals surface area contributed by atoms with Gasteiger partial charge in [-0.15, -0.1) is 0 Å². The molecule has 1 unspecified atom stereocenters. The number of nitrogens with zero attached hydrogens (tertiary/aromatic N) is 2. The van der Waals surface area contributed by atoms with Crippen LogP contribution in [-0.4, -0.2) is 20.7 Å². The molecule has 1 aliphatic heterocycles. The molecule has 0 radical (unpaired) electrons. The van der Waals surface area contributed by atoms with Gasteiger partial charge in [-0.25, -0.2) is 4.98 Å². The number of thioether (sulfide) groups is 1. The first-order valence-corrected chi connectivity index (χ1v) is 5.87. The van der Waals surface area contributed by atoms with Crippen LogP contribution in [0.25, 0.3) is 11.0 Å². The molecule has 0 bridgehead atoms. The smallest absolute Gasteiger partial charge is 0.246 e. The number of aromatic nitrogens is 2. The van der Waals surface area contributed by atoms with Crippen molar-refractivity contribution in [3.63, 3.8) is 0 Å². The molecule has 0 spiro atoms. The van der Waals surface area contributed by atoms with Crippen molar-refractivity contribution in [3.05, 3.63) is 24.3 Å². The van der Waals surface area contributed by atoms with Crippen LogP contribution in [0.3, 0.4) is 0 Å². The van der Waals surface area contributed by atoms with Gasteiger partial charge in [-0.05, 0) is 18.6 Å². The summed E-state index contributed by atoms with van der Waals surface area (Å²) in [7, 11) is 0. The molecule has 2 aromatic rings. The Hall–Kier alpha value is -1.29. The Morgan fingerprint density at radius 2 is 2.27 bits per heavy atom. The Balaban J connectivity index is 2.25. The van der Waals surface area contributed by atoms with E-state index >= 15 is 0 Å². The number of hydrogen-bond donors (Lipinski definition) is 0. The van der Waals surface area contributed by atoms with E-state index in [4.69, 9.17) is 0 Å². The van der Waals surface area contributed by atoms with Crippen LogP contribution in [0.15, 0.2) is 29.4 Å². The van der Waals surface area contributed by atoms with Crippen molar-refractivity contribution in [2.45, 2.75) is 23.8 Å². The highest BCUT2D eigenvalue weighted by Gasteiger charge is 2.32. The van der Waals surface area contributed by atoms with Crippen LogP contribution in [0.5, 0.6) is 0 Å². The third-order valence-electron chi connectivity index (χ3n) is 2.64. The van der Waals surface area contributed by atoms with E-state index in [9.17, 15) is 4.79 Å². The maximum absolute atomic E-state index is 12.0. The lowest BCUT2D eigenvalue weighted by Gasteiger charge is -2.01. The van der Waals surface area contributed by atoms with Crippen LogP contribution in [-0.2, 0) is 0 Å². The summed E-state index contributed by atoms with van der Waals surface area (Å²) in [5, 5.41) is 0.894. The molecule has 2 heterocycles. The van der Waals surface area contributed by atoms with E-state index in [1.807, 2.05) is 31.2 Å². The lowest BCUT2D eigenvalue weighted by Crippen LogP contribution is -2.16. The van der Waals surface area contributed by atoms with Crippen LogP contribution in [0.4, 0.5) is 0 Å². The fraction of sp³-hybridized carbons (Fsp3) is 0.273. The molecule has 0 aliphatic carbocycles. The van der Waals surface area contributed by atoms with E-state index in [0.29, 0.717) is 0 Å². The fourth-order valence-corrected chi connectivity index (χ4v) is 2.95. The second-order valence-electron chi connectivity index (χ2n) is 3.57. The Kier molecular flexibility index (Phi) is 1.85. The average molecular weight is 218 g/mol. The molecule has 1 aliphatic rings. The standard InChI is InChI=1S/C11H10N2OS/c1-2-9-10(14)13-8-6-4-3-5-7(8)12-11(13)15-9/h3-6,9H,2H2,1H3. The monoisotopic (exact) mass is 218 g/mol. The first-order valence-electron chi connectivity index (χ1n) is 4.99. The molecule has 0 N–H and O–H groups in total. The average Bonchev–Trinajstić information content (AvgIpc) is 2.75. The lowest BCUT2D eigenvalue weighted by atomic mass is 10.3. The van der Waals surface area contributed by atoms with E-state index in [2.05, 4.69) is 4.98 Å². The van der Waals surface area contributed by atoms with Gasteiger partial charge in [-0.1, -0.05) is 30.8 Å². The highest BCUT2D eigenvalue weighted by Crippen LogP contribution is 2.35. The molecular formula is C11H10N2OS. The summed E-state index contributed by atoms with van der Waals surface area (Å²) in [6, 6.07) is 7.77. The second kappa shape index (κ2) is 3.10. The predicted molar refractivity (Wildman–Crippen MR) is 60.3 cm³/mol. The molecule has 0 fully saturated rings. The molecule has 0 amide bonds. The highest BCUT2D eigenvalue weighted by molar-refractivity contribution is 8.00. The highest BCUT2D eigenvalue weighted by atomic mass is 32.2. The van der Waals surface area contributed by atoms with Crippen molar-refractivity contribution in [1.29, 1.82) is 0 Å². The summed E-state index contributed by atoms with van der Waals surface area (Å²) in [6.45, 7) is 2.03. The largest absolute Gasteiger partial charge is 0.273 e. The number of para-hydroxylation sites is 2. The molecule has 15 heavy (non-hydrogen) atoms. The van der Waals surface area contributed by atoms with Crippen molar-refractivity contribution >= 4 is 28.7 Å². The number of carbonyl (C=O) groups excluding carboxylic acids is 1. The van der Waals surface area contributed by atoms with E-state index in [0.717, 1.165) is 22.6 Å². The summed E-state index contributed by atoms with van der Waals surface area (Å²) in [5.74, 6) is 0.172. The van der Waals surface area contributed by atoms with Crippen molar-refractivity contribution in [2.75, 3.05) is 0 Å². The number of imidazole rings is 1. The minimum atomic E-state index is 0.0529. The van der Waals surface area contributed by atoms with Gasteiger partial charge in [0, 0.05) is 0 Å². The van der Waals surface area contributed by atoms with E-state index in [1.54, 1.807) is 16.3 Å². The molecule has 4 heteroatoms. The van der Waals surface area contributed by atoms with Crippen molar-refractivity contribution in [2.24, 2.45) is 0 Å². The van der Waals surface area contributed by atoms with Crippen LogP contribution in [0.1, 0.15) is 18.1 Å². The fourth-order valence-electron chi connectivity index (χ4n) is 1.88. The number of rotatable bonds is 1. The van der Waals surface area contributed by atoms with E-state index in [1.165, 1.54) is 0 Å². The van der Waals surface area contributed by atoms with Crippen molar-refractivity contribution < 1.29 is 4.79 Å². The minimum absolute atomic E-state index is 0.0529. The van der Waals surface area contributed by atoms with Gasteiger partial charge >= 0.3 is 0 Å². The zero-order chi connectivity index (χ0) is 10.4. The summed E-state index contributed by atoms with van der Waals surface area (Å²) >= 11 is 1.57. The number of hydrogen-bond acceptors (Lipinski definition) is 3. The lowest BCUT2D eigenvalue weighted by molar-refractivity contribution is 0.0913. The molecular weight excluding hydrogens is 208 g/mol. The molecule has 3 nitrogen and oxygen atoms in total. The van der Waals surface area contributed by atoms with Crippen molar-refractivity contribution in [3.8, 4) is 0 Å². The first kappa shape index (κ1) is 8.97. The summed E-state index contributed by atoms with van der Waals surface area (Å²) in [5.41, 5.74) is 1.84. The summed E-state index contributed by atoms with van der Waals surface area (Å²) in [6.07, 6.45) is 0.862. The number of carbonyl (C=O) groups is 1. The SMILES string of the molecule is CCC1Sc2nc3ccccc3n2C1=O. The maximum atomic E-state index is 12.0. The van der Waals surface area contributed by atoms with Gasteiger partial charge in [0.1, 0.15) is 0 Å². The van der Waals surface area contributed by atoms with Gasteiger partial charge in [0.05, 0.1) is 16.3 Å². The zero-order valence-corrected chi connectivity index (χ0v) is 9.12. The minimum Gasteiger partial charge on any atom is -0.273 e. The van der Waals surface area contributed by atoms with Gasteiger partial charge in [0.2, 0.25) is 5.91 Å². The first-order chi connectivity index (χ1) is 7.31. The molecule has 76 valence electrons. The third-order valence-corrected chi connectivity index (χ3v) is 3.95. The maximum Gasteiger partial charge on any atom is 0.246 e. The normalized spacial score (nSPS) is 19.8. The number of fused-ring (bicyclic) bond motifs is 3. The van der Waals surface area contributed by atoms with Crippen LogP contribution >= 0.6 is 11.8 Å². The molecule has 0 saturated carbocycles. The summed E-state index contributed by atoms with van der Waals surface area (Å²) in [4.78, 5) is 16.5. The van der Waals surface area contributed by atoms with Gasteiger partial charge in [0.15, 0.2) is 5.16 Å². The Bertz CT molecular complexity index is 547. The van der Waals surface area contributed by atoms with Crippen molar-refractivity contribution in [1.82, 2.24) is 9.55 Å². The molecule has 1 atom stereocenters. The van der Waals surface area contributed by atoms with Crippen LogP contribution in [0.2, 0.25) is 0 Å². The topological polar surface area (TPSA) is 34.9 Å². The van der Waals surface area contributed by atoms with Crippen LogP contribution in [0, 0.1) is 0 Å². The third kappa shape index (κ3) is 1.14. The zero-order valence-electron chi connectivity index (χ0n) is 8.30. The van der Waals surface area contributed by atoms with Gasteiger partial charge in [-0.3, -0.25) is 9.36 Å². The summed E-state index contributed by atoms with van der Waals surface area (Å²) < 4.78 is 1.74. The predicted octanol–water partition coefficient (Wildman–Crippen LogP) is 2.56. The number of benzene rings is 1. The molecule has 1 aromatic heterocycles. The molecule has 0 saturated heterocycles. The van der Waals surface area contributed by atoms with Crippen LogP contribution < -0.4 is 0 Å². The van der Waals surface area contributed by atoms with Gasteiger partial charge in [-0.2, -0.15) is 0 Å². The second-order valence-corrected chi connectivity index (χ2v) is 4.74. The Morgan fingerprint density at radius 1 is 1.47 bits per heavy atom.